The zero-order chi connectivity index (χ0) is 15.4. The van der Waals surface area contributed by atoms with Gasteiger partial charge in [-0.3, -0.25) is 4.79 Å². The Morgan fingerprint density at radius 2 is 1.91 bits per heavy atom. The molecule has 1 amide bonds. The minimum Gasteiger partial charge on any atom is -0.323 e. The summed E-state index contributed by atoms with van der Waals surface area (Å²) >= 11 is 5.81. The molecule has 0 saturated heterocycles. The summed E-state index contributed by atoms with van der Waals surface area (Å²) in [6.07, 6.45) is 6.74. The third-order valence-electron chi connectivity index (χ3n) is 2.91. The summed E-state index contributed by atoms with van der Waals surface area (Å²) in [6.45, 7) is 0. The van der Waals surface area contributed by atoms with Crippen molar-refractivity contribution in [2.24, 2.45) is 0 Å². The summed E-state index contributed by atoms with van der Waals surface area (Å²) in [5, 5.41) is 7.43. The zero-order valence-corrected chi connectivity index (χ0v) is 12.2. The van der Waals surface area contributed by atoms with Gasteiger partial charge < -0.3 is 5.32 Å². The van der Waals surface area contributed by atoms with Crippen LogP contribution in [0.3, 0.4) is 0 Å². The lowest BCUT2D eigenvalue weighted by Gasteiger charge is -2.05. The van der Waals surface area contributed by atoms with Crippen molar-refractivity contribution >= 4 is 23.2 Å². The average molecular weight is 314 g/mol. The molecule has 0 fully saturated rings. The van der Waals surface area contributed by atoms with E-state index in [2.05, 4.69) is 20.4 Å². The maximum atomic E-state index is 12.0. The van der Waals surface area contributed by atoms with Crippen LogP contribution in [0.15, 0.2) is 55.1 Å². The van der Waals surface area contributed by atoms with Crippen molar-refractivity contribution in [2.75, 3.05) is 5.32 Å². The van der Waals surface area contributed by atoms with Crippen LogP contribution >= 0.6 is 11.6 Å². The Hall–Kier alpha value is -2.73. The molecule has 0 atom stereocenters. The van der Waals surface area contributed by atoms with Crippen molar-refractivity contribution in [3.63, 3.8) is 0 Å². The number of benzene rings is 1. The fraction of sp³-hybridized carbons (Fsp3) is 0.0667. The van der Waals surface area contributed by atoms with E-state index in [-0.39, 0.29) is 12.3 Å². The number of aromatic nitrogens is 4. The second-order valence-electron chi connectivity index (χ2n) is 4.57. The molecule has 6 nitrogen and oxygen atoms in total. The standard InChI is InChI=1S/C15H12ClN5O/c16-12-4-2-11(3-5-12)8-14(22)20-13-9-17-15(18-10-13)21-7-1-6-19-21/h1-7,9-10H,8H2,(H,20,22). The predicted molar refractivity (Wildman–Crippen MR) is 82.9 cm³/mol. The molecule has 0 aliphatic rings. The van der Waals surface area contributed by atoms with Crippen LogP contribution in [0.2, 0.25) is 5.02 Å². The maximum Gasteiger partial charge on any atom is 0.250 e. The Bertz CT molecular complexity index is 754. The van der Waals surface area contributed by atoms with Gasteiger partial charge in [0.05, 0.1) is 24.5 Å². The number of hydrogen-bond donors (Lipinski definition) is 1. The molecule has 2 aromatic heterocycles. The normalized spacial score (nSPS) is 10.4. The fourth-order valence-electron chi connectivity index (χ4n) is 1.88. The molecule has 1 aromatic carbocycles. The Morgan fingerprint density at radius 1 is 1.18 bits per heavy atom. The molecular weight excluding hydrogens is 302 g/mol. The number of amides is 1. The van der Waals surface area contributed by atoms with E-state index in [1.807, 2.05) is 12.1 Å². The minimum absolute atomic E-state index is 0.141. The monoisotopic (exact) mass is 313 g/mol. The summed E-state index contributed by atoms with van der Waals surface area (Å²) < 4.78 is 1.54. The van der Waals surface area contributed by atoms with Crippen molar-refractivity contribution < 1.29 is 4.79 Å². The van der Waals surface area contributed by atoms with E-state index in [1.165, 1.54) is 0 Å². The summed E-state index contributed by atoms with van der Waals surface area (Å²) in [7, 11) is 0. The van der Waals surface area contributed by atoms with Gasteiger partial charge in [0.15, 0.2) is 0 Å². The molecule has 0 aliphatic heterocycles. The molecule has 2 heterocycles. The van der Waals surface area contributed by atoms with Crippen LogP contribution in [0.1, 0.15) is 5.56 Å². The molecule has 0 spiro atoms. The zero-order valence-electron chi connectivity index (χ0n) is 11.5. The van der Waals surface area contributed by atoms with Gasteiger partial charge in [0.25, 0.3) is 5.95 Å². The van der Waals surface area contributed by atoms with Gasteiger partial charge in [0, 0.05) is 17.4 Å². The van der Waals surface area contributed by atoms with Crippen molar-refractivity contribution in [3.05, 3.63) is 65.7 Å². The topological polar surface area (TPSA) is 72.7 Å². The van der Waals surface area contributed by atoms with Crippen molar-refractivity contribution in [3.8, 4) is 5.95 Å². The second kappa shape index (κ2) is 6.36. The van der Waals surface area contributed by atoms with E-state index in [4.69, 9.17) is 11.6 Å². The van der Waals surface area contributed by atoms with Crippen molar-refractivity contribution in [1.82, 2.24) is 19.7 Å². The predicted octanol–water partition coefficient (Wildman–Crippen LogP) is 2.50. The summed E-state index contributed by atoms with van der Waals surface area (Å²) in [5.41, 5.74) is 1.42. The number of anilines is 1. The molecule has 0 radical (unpaired) electrons. The third kappa shape index (κ3) is 3.48. The molecule has 7 heteroatoms. The van der Waals surface area contributed by atoms with Gasteiger partial charge in [-0.05, 0) is 23.8 Å². The first-order valence-electron chi connectivity index (χ1n) is 6.57. The molecule has 22 heavy (non-hydrogen) atoms. The highest BCUT2D eigenvalue weighted by Crippen LogP contribution is 2.11. The first-order chi connectivity index (χ1) is 10.7. The Labute approximate surface area is 131 Å². The number of carbonyl (C=O) groups is 1. The average Bonchev–Trinajstić information content (AvgIpc) is 3.05. The van der Waals surface area contributed by atoms with E-state index in [0.29, 0.717) is 16.7 Å². The Morgan fingerprint density at radius 3 is 2.55 bits per heavy atom. The number of hydrogen-bond acceptors (Lipinski definition) is 4. The van der Waals surface area contributed by atoms with E-state index >= 15 is 0 Å². The lowest BCUT2D eigenvalue weighted by atomic mass is 10.1. The highest BCUT2D eigenvalue weighted by molar-refractivity contribution is 6.30. The van der Waals surface area contributed by atoms with Crippen molar-refractivity contribution in [1.29, 1.82) is 0 Å². The third-order valence-corrected chi connectivity index (χ3v) is 3.16. The minimum atomic E-state index is -0.141. The van der Waals surface area contributed by atoms with Gasteiger partial charge in [-0.25, -0.2) is 14.6 Å². The number of carbonyl (C=O) groups excluding carboxylic acids is 1. The van der Waals surface area contributed by atoms with Crippen LogP contribution in [0, 0.1) is 0 Å². The molecule has 0 saturated carbocycles. The van der Waals surface area contributed by atoms with E-state index in [0.717, 1.165) is 5.56 Å². The van der Waals surface area contributed by atoms with Crippen LogP contribution in [0.4, 0.5) is 5.69 Å². The quantitative estimate of drug-likeness (QED) is 0.803. The number of rotatable bonds is 4. The van der Waals surface area contributed by atoms with E-state index in [9.17, 15) is 4.79 Å². The smallest absolute Gasteiger partial charge is 0.250 e. The first-order valence-corrected chi connectivity index (χ1v) is 6.95. The van der Waals surface area contributed by atoms with Crippen molar-refractivity contribution in [2.45, 2.75) is 6.42 Å². The van der Waals surface area contributed by atoms with E-state index < -0.39 is 0 Å². The fourth-order valence-corrected chi connectivity index (χ4v) is 2.01. The molecule has 0 unspecified atom stereocenters. The Balaban J connectivity index is 1.63. The Kier molecular flexibility index (Phi) is 4.11. The van der Waals surface area contributed by atoms with Gasteiger partial charge in [-0.1, -0.05) is 23.7 Å². The number of nitrogens with one attached hydrogen (secondary N) is 1. The van der Waals surface area contributed by atoms with Crippen LogP contribution in [-0.4, -0.2) is 25.7 Å². The maximum absolute atomic E-state index is 12.0. The van der Waals surface area contributed by atoms with Gasteiger partial charge in [0.2, 0.25) is 5.91 Å². The van der Waals surface area contributed by atoms with Crippen LogP contribution in [-0.2, 0) is 11.2 Å². The summed E-state index contributed by atoms with van der Waals surface area (Å²) in [6, 6.07) is 8.93. The number of nitrogens with zero attached hydrogens (tertiary/aromatic N) is 4. The molecule has 0 bridgehead atoms. The molecule has 3 rings (SSSR count). The first kappa shape index (κ1) is 14.2. The highest BCUT2D eigenvalue weighted by Gasteiger charge is 2.06. The molecular formula is C15H12ClN5O. The molecule has 110 valence electrons. The van der Waals surface area contributed by atoms with Gasteiger partial charge in [-0.15, -0.1) is 0 Å². The van der Waals surface area contributed by atoms with Gasteiger partial charge >= 0.3 is 0 Å². The lowest BCUT2D eigenvalue weighted by Crippen LogP contribution is -2.15. The largest absolute Gasteiger partial charge is 0.323 e. The van der Waals surface area contributed by atoms with Crippen LogP contribution in [0.25, 0.3) is 5.95 Å². The summed E-state index contributed by atoms with van der Waals surface area (Å²) in [5.74, 6) is 0.304. The van der Waals surface area contributed by atoms with E-state index in [1.54, 1.807) is 47.7 Å². The highest BCUT2D eigenvalue weighted by atomic mass is 35.5. The SMILES string of the molecule is O=C(Cc1ccc(Cl)cc1)Nc1cnc(-n2cccn2)nc1. The van der Waals surface area contributed by atoms with Gasteiger partial charge in [-0.2, -0.15) is 5.10 Å². The summed E-state index contributed by atoms with van der Waals surface area (Å²) in [4.78, 5) is 20.3. The molecule has 3 aromatic rings. The van der Waals surface area contributed by atoms with Gasteiger partial charge in [0.1, 0.15) is 0 Å². The van der Waals surface area contributed by atoms with Crippen LogP contribution < -0.4 is 5.32 Å². The van der Waals surface area contributed by atoms with Crippen LogP contribution in [0.5, 0.6) is 0 Å². The molecule has 0 aliphatic carbocycles. The lowest BCUT2D eigenvalue weighted by molar-refractivity contribution is -0.115. The molecule has 1 N–H and O–H groups in total. The second-order valence-corrected chi connectivity index (χ2v) is 5.01. The number of halogens is 1.